The van der Waals surface area contributed by atoms with Gasteiger partial charge in [-0.15, -0.1) is 0 Å². The van der Waals surface area contributed by atoms with Crippen molar-refractivity contribution in [2.24, 2.45) is 0 Å². The van der Waals surface area contributed by atoms with E-state index in [2.05, 4.69) is 20.5 Å². The minimum atomic E-state index is -0.0901. The number of carbonyl (C=O) groups is 1. The highest BCUT2D eigenvalue weighted by Crippen LogP contribution is 2.32. The number of nitrogens with zero attached hydrogens (tertiary/aromatic N) is 2. The SMILES string of the molecule is CN[13C](=O)c1ccccc1Sc1ccc2c(/C=C/c3ccccn3)n[nH]c2c1. The van der Waals surface area contributed by atoms with E-state index in [1.54, 1.807) is 25.0 Å². The summed E-state index contributed by atoms with van der Waals surface area (Å²) in [6, 6.07) is 19.5. The Balaban J connectivity index is 1.60. The molecule has 0 atom stereocenters. The number of carbonyl (C=O) groups excluding carboxylic acids is 1. The van der Waals surface area contributed by atoms with Crippen LogP contribution in [-0.2, 0) is 0 Å². The maximum Gasteiger partial charge on any atom is 0.252 e. The quantitative estimate of drug-likeness (QED) is 0.490. The number of hydrogen-bond donors (Lipinski definition) is 2. The molecule has 0 saturated heterocycles. The molecule has 5 nitrogen and oxygen atoms in total. The summed E-state index contributed by atoms with van der Waals surface area (Å²) in [6.07, 6.45) is 5.66. The van der Waals surface area contributed by atoms with Crippen molar-refractivity contribution in [3.05, 3.63) is 83.8 Å². The fourth-order valence-electron chi connectivity index (χ4n) is 2.85. The molecule has 0 aliphatic carbocycles. The number of pyridine rings is 1. The molecule has 1 amide bonds. The number of aromatic nitrogens is 3. The first-order valence-corrected chi connectivity index (χ1v) is 9.62. The molecule has 0 bridgehead atoms. The predicted octanol–water partition coefficient (Wildman–Crippen LogP) is 4.64. The lowest BCUT2D eigenvalue weighted by atomic mass is 10.2. The van der Waals surface area contributed by atoms with Gasteiger partial charge in [0.15, 0.2) is 0 Å². The van der Waals surface area contributed by atoms with Crippen LogP contribution in [0.15, 0.2) is 76.7 Å². The first-order valence-electron chi connectivity index (χ1n) is 8.81. The second-order valence-corrected chi connectivity index (χ2v) is 7.20. The van der Waals surface area contributed by atoms with Crippen molar-refractivity contribution in [2.45, 2.75) is 9.79 Å². The van der Waals surface area contributed by atoms with Gasteiger partial charge in [0.05, 0.1) is 22.5 Å². The minimum absolute atomic E-state index is 0.0901. The van der Waals surface area contributed by atoms with E-state index < -0.39 is 0 Å². The van der Waals surface area contributed by atoms with Crippen molar-refractivity contribution >= 4 is 40.7 Å². The third-order valence-electron chi connectivity index (χ3n) is 4.25. The van der Waals surface area contributed by atoms with Crippen LogP contribution in [0.25, 0.3) is 23.1 Å². The van der Waals surface area contributed by atoms with Gasteiger partial charge < -0.3 is 5.32 Å². The van der Waals surface area contributed by atoms with Crippen LogP contribution < -0.4 is 5.32 Å². The molecule has 4 aromatic rings. The molecule has 0 aliphatic heterocycles. The molecule has 28 heavy (non-hydrogen) atoms. The summed E-state index contributed by atoms with van der Waals surface area (Å²) in [7, 11) is 1.64. The van der Waals surface area contributed by atoms with Gasteiger partial charge in [-0.05, 0) is 54.6 Å². The van der Waals surface area contributed by atoms with Crippen LogP contribution in [0.2, 0.25) is 0 Å². The summed E-state index contributed by atoms with van der Waals surface area (Å²) < 4.78 is 0. The summed E-state index contributed by atoms with van der Waals surface area (Å²) >= 11 is 1.56. The normalized spacial score (nSPS) is 11.2. The van der Waals surface area contributed by atoms with Crippen molar-refractivity contribution in [1.82, 2.24) is 20.5 Å². The van der Waals surface area contributed by atoms with Crippen LogP contribution in [-0.4, -0.2) is 28.1 Å². The Morgan fingerprint density at radius 2 is 1.93 bits per heavy atom. The number of amides is 1. The monoisotopic (exact) mass is 387 g/mol. The van der Waals surface area contributed by atoms with Crippen molar-refractivity contribution in [2.75, 3.05) is 7.05 Å². The van der Waals surface area contributed by atoms with Gasteiger partial charge in [0.1, 0.15) is 0 Å². The fraction of sp³-hybridized carbons (Fsp3) is 0.0455. The van der Waals surface area contributed by atoms with Gasteiger partial charge in [0, 0.05) is 28.4 Å². The van der Waals surface area contributed by atoms with Gasteiger partial charge in [-0.25, -0.2) is 0 Å². The van der Waals surface area contributed by atoms with Gasteiger partial charge in [-0.2, -0.15) is 5.10 Å². The molecular weight excluding hydrogens is 369 g/mol. The maximum absolute atomic E-state index is 12.1. The van der Waals surface area contributed by atoms with Crippen LogP contribution >= 0.6 is 11.8 Å². The maximum atomic E-state index is 12.1. The van der Waals surface area contributed by atoms with Crippen molar-refractivity contribution in [1.29, 1.82) is 0 Å². The van der Waals surface area contributed by atoms with Gasteiger partial charge in [-0.1, -0.05) is 30.0 Å². The topological polar surface area (TPSA) is 70.7 Å². The molecule has 2 aromatic carbocycles. The van der Waals surface area contributed by atoms with Crippen LogP contribution in [0.4, 0.5) is 0 Å². The third kappa shape index (κ3) is 3.82. The van der Waals surface area contributed by atoms with E-state index >= 15 is 0 Å². The fourth-order valence-corrected chi connectivity index (χ4v) is 3.84. The molecule has 2 N–H and O–H groups in total. The number of benzene rings is 2. The Hall–Kier alpha value is -3.38. The first-order chi connectivity index (χ1) is 13.7. The predicted molar refractivity (Wildman–Crippen MR) is 113 cm³/mol. The van der Waals surface area contributed by atoms with Crippen LogP contribution in [0.3, 0.4) is 0 Å². The zero-order chi connectivity index (χ0) is 19.3. The highest BCUT2D eigenvalue weighted by molar-refractivity contribution is 7.99. The molecule has 4 rings (SSSR count). The molecule has 6 heteroatoms. The Morgan fingerprint density at radius 3 is 2.75 bits per heavy atom. The second-order valence-electron chi connectivity index (χ2n) is 6.08. The summed E-state index contributed by atoms with van der Waals surface area (Å²) in [6.45, 7) is 0. The Kier molecular flexibility index (Phi) is 5.21. The molecule has 0 aliphatic rings. The number of aromatic amines is 1. The summed E-state index contributed by atoms with van der Waals surface area (Å²) in [5.74, 6) is -0.0901. The molecule has 0 fully saturated rings. The largest absolute Gasteiger partial charge is 0.355 e. The van der Waals surface area contributed by atoms with E-state index in [0.717, 1.165) is 32.1 Å². The van der Waals surface area contributed by atoms with Crippen LogP contribution in [0, 0.1) is 0 Å². The van der Waals surface area contributed by atoms with Crippen LogP contribution in [0.5, 0.6) is 0 Å². The second kappa shape index (κ2) is 8.10. The lowest BCUT2D eigenvalue weighted by molar-refractivity contribution is 0.0960. The number of H-pyrrole nitrogens is 1. The molecular formula is C22H18N4OS. The van der Waals surface area contributed by atoms with Crippen molar-refractivity contribution in [3.8, 4) is 0 Å². The standard InChI is InChI=1S/C22H18N4OS/c1-23-22(27)18-7-2-3-8-21(18)28-16-10-11-17-19(25-26-20(17)14-16)12-9-15-6-4-5-13-24-15/h2-14H,1H3,(H,23,27)(H,25,26)/b12-9+/i22+1. The van der Waals surface area contributed by atoms with E-state index in [4.69, 9.17) is 0 Å². The Labute approximate surface area is 166 Å². The summed E-state index contributed by atoms with van der Waals surface area (Å²) in [5, 5.41) is 11.2. The van der Waals surface area contributed by atoms with Gasteiger partial charge >= 0.3 is 0 Å². The van der Waals surface area contributed by atoms with Crippen LogP contribution in [0.1, 0.15) is 21.7 Å². The van der Waals surface area contributed by atoms with E-state index in [-0.39, 0.29) is 5.91 Å². The zero-order valence-electron chi connectivity index (χ0n) is 15.2. The third-order valence-corrected chi connectivity index (χ3v) is 5.32. The van der Waals surface area contributed by atoms with Gasteiger partial charge in [-0.3, -0.25) is 14.9 Å². The molecule has 2 heterocycles. The molecule has 2 aromatic heterocycles. The highest BCUT2D eigenvalue weighted by Gasteiger charge is 2.11. The summed E-state index contributed by atoms with van der Waals surface area (Å²) in [5.41, 5.74) is 3.36. The number of rotatable bonds is 5. The lowest BCUT2D eigenvalue weighted by Crippen LogP contribution is -2.18. The molecule has 0 spiro atoms. The smallest absolute Gasteiger partial charge is 0.252 e. The van der Waals surface area contributed by atoms with E-state index in [1.807, 2.05) is 72.8 Å². The average Bonchev–Trinajstić information content (AvgIpc) is 3.15. The van der Waals surface area contributed by atoms with Gasteiger partial charge in [0.2, 0.25) is 0 Å². The Morgan fingerprint density at radius 1 is 1.07 bits per heavy atom. The van der Waals surface area contributed by atoms with E-state index in [1.165, 1.54) is 0 Å². The molecule has 0 radical (unpaired) electrons. The van der Waals surface area contributed by atoms with Crippen molar-refractivity contribution < 1.29 is 4.79 Å². The minimum Gasteiger partial charge on any atom is -0.355 e. The number of fused-ring (bicyclic) bond motifs is 1. The lowest BCUT2D eigenvalue weighted by Gasteiger charge is -2.08. The van der Waals surface area contributed by atoms with Gasteiger partial charge in [0.25, 0.3) is 5.91 Å². The number of hydrogen-bond acceptors (Lipinski definition) is 4. The molecule has 0 unspecified atom stereocenters. The van der Waals surface area contributed by atoms with E-state index in [9.17, 15) is 4.79 Å². The molecule has 138 valence electrons. The Bertz CT molecular complexity index is 1150. The molecule has 0 saturated carbocycles. The number of nitrogens with one attached hydrogen (secondary N) is 2. The van der Waals surface area contributed by atoms with Crippen molar-refractivity contribution in [3.63, 3.8) is 0 Å². The van der Waals surface area contributed by atoms with E-state index in [0.29, 0.717) is 5.56 Å². The summed E-state index contributed by atoms with van der Waals surface area (Å²) in [4.78, 5) is 18.3. The first kappa shape index (κ1) is 18.0. The average molecular weight is 387 g/mol. The zero-order valence-corrected chi connectivity index (χ0v) is 16.0. The highest BCUT2D eigenvalue weighted by atomic mass is 32.2.